The summed E-state index contributed by atoms with van der Waals surface area (Å²) < 4.78 is 6.36. The molecule has 0 radical (unpaired) electrons. The van der Waals surface area contributed by atoms with Gasteiger partial charge in [0.25, 0.3) is 0 Å². The molecular formula is C19H21N5O2S3. The molecule has 0 atom stereocenters. The van der Waals surface area contributed by atoms with Crippen molar-refractivity contribution >= 4 is 61.9 Å². The number of carbonyl (C=O) groups is 1. The smallest absolute Gasteiger partial charge is 0.234 e. The van der Waals surface area contributed by atoms with Crippen LogP contribution >= 0.6 is 34.9 Å². The van der Waals surface area contributed by atoms with Gasteiger partial charge in [0.05, 0.1) is 12.4 Å². The summed E-state index contributed by atoms with van der Waals surface area (Å²) in [6.07, 6.45) is 1.52. The Kier molecular flexibility index (Phi) is 6.73. The van der Waals surface area contributed by atoms with Gasteiger partial charge < -0.3 is 15.0 Å². The van der Waals surface area contributed by atoms with Gasteiger partial charge in [-0.1, -0.05) is 23.1 Å². The molecule has 1 aliphatic heterocycles. The van der Waals surface area contributed by atoms with Crippen LogP contribution in [0.5, 0.6) is 5.75 Å². The van der Waals surface area contributed by atoms with E-state index in [4.69, 9.17) is 4.74 Å². The first kappa shape index (κ1) is 20.2. The average molecular weight is 448 g/mol. The maximum absolute atomic E-state index is 12.4. The summed E-state index contributed by atoms with van der Waals surface area (Å²) >= 11 is 4.98. The maximum atomic E-state index is 12.4. The van der Waals surface area contributed by atoms with Crippen molar-refractivity contribution in [3.05, 3.63) is 30.6 Å². The van der Waals surface area contributed by atoms with E-state index < -0.39 is 0 Å². The van der Waals surface area contributed by atoms with Crippen LogP contribution < -0.4 is 15.0 Å². The summed E-state index contributed by atoms with van der Waals surface area (Å²) in [5, 5.41) is 4.69. The van der Waals surface area contributed by atoms with Crippen LogP contribution in [0.4, 0.5) is 10.8 Å². The quantitative estimate of drug-likeness (QED) is 0.433. The fourth-order valence-electron chi connectivity index (χ4n) is 2.85. The van der Waals surface area contributed by atoms with Gasteiger partial charge in [0.1, 0.15) is 21.8 Å². The number of aromatic nitrogens is 3. The van der Waals surface area contributed by atoms with Gasteiger partial charge in [0.2, 0.25) is 5.91 Å². The molecule has 3 heterocycles. The van der Waals surface area contributed by atoms with E-state index in [1.165, 1.54) is 18.1 Å². The number of thioether (sulfide) groups is 2. The molecular weight excluding hydrogens is 426 g/mol. The Morgan fingerprint density at radius 2 is 2.03 bits per heavy atom. The van der Waals surface area contributed by atoms with E-state index in [0.29, 0.717) is 12.3 Å². The first-order valence-electron chi connectivity index (χ1n) is 9.32. The van der Waals surface area contributed by atoms with Gasteiger partial charge in [-0.2, -0.15) is 16.7 Å². The van der Waals surface area contributed by atoms with E-state index in [9.17, 15) is 4.79 Å². The molecule has 3 aromatic rings. The normalized spacial score (nSPS) is 14.2. The summed E-state index contributed by atoms with van der Waals surface area (Å²) in [5.41, 5.74) is 1.45. The van der Waals surface area contributed by atoms with Crippen molar-refractivity contribution in [3.8, 4) is 5.75 Å². The van der Waals surface area contributed by atoms with Crippen molar-refractivity contribution in [3.63, 3.8) is 0 Å². The Morgan fingerprint density at radius 1 is 1.24 bits per heavy atom. The lowest BCUT2D eigenvalue weighted by atomic mass is 10.3. The molecule has 1 fully saturated rings. The molecule has 1 aliphatic rings. The molecule has 2 aromatic heterocycles. The third-order valence-electron chi connectivity index (χ3n) is 4.22. The molecule has 29 heavy (non-hydrogen) atoms. The lowest BCUT2D eigenvalue weighted by Crippen LogP contribution is -2.32. The van der Waals surface area contributed by atoms with Crippen LogP contribution in [0.25, 0.3) is 10.3 Å². The van der Waals surface area contributed by atoms with Crippen LogP contribution in [-0.2, 0) is 4.79 Å². The van der Waals surface area contributed by atoms with E-state index in [0.717, 1.165) is 50.9 Å². The minimum Gasteiger partial charge on any atom is -0.494 e. The SMILES string of the molecule is CCOc1ccc(NC(=O)CSc2ncnc3nc(N4CCSCC4)sc23)cc1. The zero-order valence-corrected chi connectivity index (χ0v) is 18.4. The number of benzene rings is 1. The average Bonchev–Trinajstić information content (AvgIpc) is 3.19. The van der Waals surface area contributed by atoms with Crippen molar-refractivity contribution < 1.29 is 9.53 Å². The Bertz CT molecular complexity index is 974. The van der Waals surface area contributed by atoms with E-state index in [2.05, 4.69) is 25.2 Å². The standard InChI is InChI=1S/C19H21N5O2S3/c1-2-26-14-5-3-13(4-6-14)22-15(25)11-28-18-16-17(20-12-21-18)23-19(29-16)24-7-9-27-10-8-24/h3-6,12H,2,7-11H2,1H3,(H,22,25). The Balaban J connectivity index is 1.39. The van der Waals surface area contributed by atoms with E-state index in [1.807, 2.05) is 43.0 Å². The summed E-state index contributed by atoms with van der Waals surface area (Å²) in [6.45, 7) is 4.57. The first-order chi connectivity index (χ1) is 14.2. The van der Waals surface area contributed by atoms with Gasteiger partial charge in [0, 0.05) is 30.3 Å². The molecule has 4 rings (SSSR count). The number of ether oxygens (including phenoxy) is 1. The van der Waals surface area contributed by atoms with Gasteiger partial charge in [-0.15, -0.1) is 0 Å². The van der Waals surface area contributed by atoms with E-state index >= 15 is 0 Å². The Labute approximate surface area is 181 Å². The molecule has 0 bridgehead atoms. The van der Waals surface area contributed by atoms with Crippen molar-refractivity contribution in [2.45, 2.75) is 11.9 Å². The van der Waals surface area contributed by atoms with Gasteiger partial charge >= 0.3 is 0 Å². The highest BCUT2D eigenvalue weighted by Crippen LogP contribution is 2.34. The molecule has 0 spiro atoms. The summed E-state index contributed by atoms with van der Waals surface area (Å²) in [4.78, 5) is 28.0. The van der Waals surface area contributed by atoms with Gasteiger partial charge in [0.15, 0.2) is 10.8 Å². The summed E-state index contributed by atoms with van der Waals surface area (Å²) in [5.74, 6) is 3.22. The number of nitrogens with zero attached hydrogens (tertiary/aromatic N) is 4. The van der Waals surface area contributed by atoms with Crippen LogP contribution in [0.2, 0.25) is 0 Å². The van der Waals surface area contributed by atoms with Gasteiger partial charge in [-0.3, -0.25) is 4.79 Å². The molecule has 0 saturated carbocycles. The predicted molar refractivity (Wildman–Crippen MR) is 122 cm³/mol. The van der Waals surface area contributed by atoms with Crippen molar-refractivity contribution in [1.82, 2.24) is 15.0 Å². The number of anilines is 2. The third kappa shape index (κ3) is 5.12. The maximum Gasteiger partial charge on any atom is 0.234 e. The number of hydrogen-bond acceptors (Lipinski definition) is 9. The number of fused-ring (bicyclic) bond motifs is 1. The minimum atomic E-state index is -0.0799. The Morgan fingerprint density at radius 3 is 2.79 bits per heavy atom. The third-order valence-corrected chi connectivity index (χ3v) is 7.39. The molecule has 0 unspecified atom stereocenters. The van der Waals surface area contributed by atoms with Gasteiger partial charge in [-0.05, 0) is 31.2 Å². The van der Waals surface area contributed by atoms with Crippen LogP contribution in [0.15, 0.2) is 35.6 Å². The van der Waals surface area contributed by atoms with Gasteiger partial charge in [-0.25, -0.2) is 9.97 Å². The number of carbonyl (C=O) groups excluding carboxylic acids is 1. The van der Waals surface area contributed by atoms with Crippen LogP contribution in [0, 0.1) is 0 Å². The summed E-state index contributed by atoms with van der Waals surface area (Å²) in [6, 6.07) is 7.36. The number of thiazole rings is 1. The second kappa shape index (κ2) is 9.64. The number of hydrogen-bond donors (Lipinski definition) is 1. The lowest BCUT2D eigenvalue weighted by Gasteiger charge is -2.25. The highest BCUT2D eigenvalue weighted by Gasteiger charge is 2.18. The summed E-state index contributed by atoms with van der Waals surface area (Å²) in [7, 11) is 0. The zero-order valence-electron chi connectivity index (χ0n) is 16.0. The van der Waals surface area contributed by atoms with Crippen molar-refractivity contribution in [2.24, 2.45) is 0 Å². The second-order valence-electron chi connectivity index (χ2n) is 6.22. The molecule has 0 aliphatic carbocycles. The fourth-order valence-corrected chi connectivity index (χ4v) is 5.69. The number of nitrogens with one attached hydrogen (secondary N) is 1. The highest BCUT2D eigenvalue weighted by molar-refractivity contribution is 8.00. The molecule has 1 aromatic carbocycles. The second-order valence-corrected chi connectivity index (χ2v) is 9.39. The van der Waals surface area contributed by atoms with Crippen LogP contribution in [0.1, 0.15) is 6.92 Å². The minimum absolute atomic E-state index is 0.0799. The molecule has 152 valence electrons. The number of amides is 1. The fraction of sp³-hybridized carbons (Fsp3) is 0.368. The molecule has 1 N–H and O–H groups in total. The molecule has 10 heteroatoms. The number of rotatable bonds is 7. The molecule has 1 amide bonds. The predicted octanol–water partition coefficient (Wildman–Crippen LogP) is 3.77. The Hall–Kier alpha value is -2.04. The van der Waals surface area contributed by atoms with Crippen molar-refractivity contribution in [1.29, 1.82) is 0 Å². The zero-order chi connectivity index (χ0) is 20.1. The van der Waals surface area contributed by atoms with Crippen LogP contribution in [0.3, 0.4) is 0 Å². The largest absolute Gasteiger partial charge is 0.494 e. The van der Waals surface area contributed by atoms with E-state index in [1.54, 1.807) is 11.3 Å². The van der Waals surface area contributed by atoms with Crippen molar-refractivity contribution in [2.75, 3.05) is 47.2 Å². The van der Waals surface area contributed by atoms with E-state index in [-0.39, 0.29) is 11.7 Å². The monoisotopic (exact) mass is 447 g/mol. The molecule has 1 saturated heterocycles. The topological polar surface area (TPSA) is 80.2 Å². The molecule has 7 nitrogen and oxygen atoms in total. The highest BCUT2D eigenvalue weighted by atomic mass is 32.2. The van der Waals surface area contributed by atoms with Crippen LogP contribution in [-0.4, -0.2) is 57.8 Å². The first-order valence-corrected chi connectivity index (χ1v) is 12.3. The lowest BCUT2D eigenvalue weighted by molar-refractivity contribution is -0.113.